The van der Waals surface area contributed by atoms with Crippen LogP contribution in [0.3, 0.4) is 0 Å². The van der Waals surface area contributed by atoms with Gasteiger partial charge >= 0.3 is 6.18 Å². The molecule has 4 rings (SSSR count). The fourth-order valence-electron chi connectivity index (χ4n) is 2.84. The van der Waals surface area contributed by atoms with E-state index in [-0.39, 0.29) is 10.6 Å². The highest BCUT2D eigenvalue weighted by molar-refractivity contribution is 9.10. The molecule has 4 nitrogen and oxygen atoms in total. The summed E-state index contributed by atoms with van der Waals surface area (Å²) in [6.45, 7) is 0. The lowest BCUT2D eigenvalue weighted by molar-refractivity contribution is -0.137. The molecule has 9 heteroatoms. The molecule has 3 aromatic rings. The molecule has 2 amide bonds. The van der Waals surface area contributed by atoms with Crippen LogP contribution in [0.2, 0.25) is 0 Å². The number of carbonyl (C=O) groups is 2. The van der Waals surface area contributed by atoms with Crippen LogP contribution in [0.4, 0.5) is 23.7 Å². The van der Waals surface area contributed by atoms with Gasteiger partial charge in [-0.15, -0.1) is 0 Å². The van der Waals surface area contributed by atoms with Crippen molar-refractivity contribution >= 4 is 50.6 Å². The van der Waals surface area contributed by atoms with E-state index in [2.05, 4.69) is 15.9 Å². The Balaban J connectivity index is 1.60. The second kappa shape index (κ2) is 7.81. The van der Waals surface area contributed by atoms with Crippen molar-refractivity contribution in [1.29, 1.82) is 0 Å². The number of imide groups is 1. The number of amides is 2. The lowest BCUT2D eigenvalue weighted by Gasteiger charge is -2.14. The van der Waals surface area contributed by atoms with Gasteiger partial charge in [-0.1, -0.05) is 34.1 Å². The van der Waals surface area contributed by atoms with Gasteiger partial charge in [0.2, 0.25) is 0 Å². The van der Waals surface area contributed by atoms with Gasteiger partial charge in [0, 0.05) is 16.1 Å². The summed E-state index contributed by atoms with van der Waals surface area (Å²) in [6.07, 6.45) is -3.17. The van der Waals surface area contributed by atoms with E-state index in [1.165, 1.54) is 12.1 Å². The molecule has 1 saturated heterocycles. The van der Waals surface area contributed by atoms with Gasteiger partial charge in [0.05, 0.1) is 16.2 Å². The first-order valence-corrected chi connectivity index (χ1v) is 10.1. The Labute approximate surface area is 181 Å². The first kappa shape index (κ1) is 20.5. The van der Waals surface area contributed by atoms with Crippen LogP contribution >= 0.6 is 27.7 Å². The highest BCUT2D eigenvalue weighted by atomic mass is 79.9. The summed E-state index contributed by atoms with van der Waals surface area (Å²) in [6, 6.07) is 14.9. The third-order valence-corrected chi connectivity index (χ3v) is 5.65. The van der Waals surface area contributed by atoms with Gasteiger partial charge < -0.3 is 4.42 Å². The number of alkyl halides is 3. The zero-order chi connectivity index (χ0) is 21.5. The van der Waals surface area contributed by atoms with Crippen LogP contribution in [-0.4, -0.2) is 11.1 Å². The monoisotopic (exact) mass is 493 g/mol. The number of furan rings is 1. The van der Waals surface area contributed by atoms with Crippen LogP contribution in [0.25, 0.3) is 17.4 Å². The van der Waals surface area contributed by atoms with Crippen LogP contribution < -0.4 is 4.90 Å². The predicted octanol–water partition coefficient (Wildman–Crippen LogP) is 6.97. The number of anilines is 1. The summed E-state index contributed by atoms with van der Waals surface area (Å²) in [4.78, 5) is 25.8. The number of nitrogens with zero attached hydrogens (tertiary/aromatic N) is 1. The molecule has 2 heterocycles. The smallest absolute Gasteiger partial charge is 0.416 e. The molecule has 0 aliphatic carbocycles. The van der Waals surface area contributed by atoms with Gasteiger partial charge in [0.1, 0.15) is 11.5 Å². The van der Waals surface area contributed by atoms with E-state index in [9.17, 15) is 22.8 Å². The fraction of sp³-hybridized carbons (Fsp3) is 0.0476. The molecule has 0 saturated carbocycles. The third kappa shape index (κ3) is 4.08. The van der Waals surface area contributed by atoms with Gasteiger partial charge in [-0.2, -0.15) is 13.2 Å². The lowest BCUT2D eigenvalue weighted by atomic mass is 10.2. The number of halogens is 4. The molecule has 0 radical (unpaired) electrons. The zero-order valence-corrected chi connectivity index (χ0v) is 17.3. The minimum Gasteiger partial charge on any atom is -0.457 e. The average Bonchev–Trinajstić information content (AvgIpc) is 3.26. The molecule has 1 aromatic heterocycles. The van der Waals surface area contributed by atoms with Gasteiger partial charge in [-0.25, -0.2) is 4.90 Å². The van der Waals surface area contributed by atoms with Crippen molar-refractivity contribution < 1.29 is 27.2 Å². The normalized spacial score (nSPS) is 16.0. The fourth-order valence-corrected chi connectivity index (χ4v) is 3.93. The summed E-state index contributed by atoms with van der Waals surface area (Å²) in [5, 5.41) is -0.676. The van der Waals surface area contributed by atoms with Crippen LogP contribution in [0.15, 0.2) is 74.5 Å². The minimum atomic E-state index is -4.58. The number of thioether (sulfide) groups is 1. The van der Waals surface area contributed by atoms with Crippen LogP contribution in [-0.2, 0) is 11.0 Å². The Morgan fingerprint density at radius 1 is 1.00 bits per heavy atom. The van der Waals surface area contributed by atoms with E-state index in [1.54, 1.807) is 12.1 Å². The van der Waals surface area contributed by atoms with Crippen molar-refractivity contribution in [1.82, 2.24) is 0 Å². The molecule has 0 spiro atoms. The molecule has 152 valence electrons. The minimum absolute atomic E-state index is 0.0640. The molecular formula is C21H11BrF3NO3S. The standard InChI is InChI=1S/C21H11BrF3NO3S/c22-14-6-4-12(5-7-14)17-9-8-16(29-17)11-18-19(27)26(20(28)30-18)15-3-1-2-13(10-15)21(23,24)25/h1-11H/b18-11+. The van der Waals surface area contributed by atoms with E-state index in [1.807, 2.05) is 24.3 Å². The van der Waals surface area contributed by atoms with Crippen molar-refractivity contribution in [2.75, 3.05) is 4.90 Å². The Morgan fingerprint density at radius 3 is 2.43 bits per heavy atom. The summed E-state index contributed by atoms with van der Waals surface area (Å²) < 4.78 is 45.5. The second-order valence-electron chi connectivity index (χ2n) is 6.27. The van der Waals surface area contributed by atoms with E-state index < -0.39 is 22.9 Å². The highest BCUT2D eigenvalue weighted by Crippen LogP contribution is 2.38. The molecule has 30 heavy (non-hydrogen) atoms. The van der Waals surface area contributed by atoms with Gasteiger partial charge in [0.15, 0.2) is 0 Å². The van der Waals surface area contributed by atoms with Crippen molar-refractivity contribution in [3.05, 3.63) is 81.4 Å². The molecule has 0 atom stereocenters. The Bertz CT molecular complexity index is 1170. The summed E-state index contributed by atoms with van der Waals surface area (Å²) >= 11 is 4.00. The van der Waals surface area contributed by atoms with Crippen molar-refractivity contribution in [2.24, 2.45) is 0 Å². The molecule has 1 aliphatic heterocycles. The van der Waals surface area contributed by atoms with E-state index in [0.717, 1.165) is 33.1 Å². The summed E-state index contributed by atoms with van der Waals surface area (Å²) in [7, 11) is 0. The Morgan fingerprint density at radius 2 is 1.73 bits per heavy atom. The van der Waals surface area contributed by atoms with Crippen LogP contribution in [0.1, 0.15) is 11.3 Å². The molecule has 1 fully saturated rings. The maximum Gasteiger partial charge on any atom is 0.416 e. The Kier molecular flexibility index (Phi) is 5.33. The SMILES string of the molecule is O=C1S/C(=C/c2ccc(-c3ccc(Br)cc3)o2)C(=O)N1c1cccc(C(F)(F)F)c1. The molecule has 1 aliphatic rings. The topological polar surface area (TPSA) is 50.5 Å². The lowest BCUT2D eigenvalue weighted by Crippen LogP contribution is -2.27. The largest absolute Gasteiger partial charge is 0.457 e. The van der Waals surface area contributed by atoms with Crippen molar-refractivity contribution in [3.8, 4) is 11.3 Å². The highest BCUT2D eigenvalue weighted by Gasteiger charge is 2.38. The van der Waals surface area contributed by atoms with Crippen molar-refractivity contribution in [3.63, 3.8) is 0 Å². The maximum atomic E-state index is 13.0. The summed E-state index contributed by atoms with van der Waals surface area (Å²) in [5.74, 6) is 0.222. The number of hydrogen-bond acceptors (Lipinski definition) is 4. The molecular weight excluding hydrogens is 483 g/mol. The quantitative estimate of drug-likeness (QED) is 0.369. The third-order valence-electron chi connectivity index (χ3n) is 4.25. The van der Waals surface area contributed by atoms with Gasteiger partial charge in [-0.05, 0) is 54.2 Å². The van der Waals surface area contributed by atoms with E-state index >= 15 is 0 Å². The van der Waals surface area contributed by atoms with Crippen LogP contribution in [0.5, 0.6) is 0 Å². The van der Waals surface area contributed by atoms with E-state index in [4.69, 9.17) is 4.42 Å². The molecule has 0 N–H and O–H groups in total. The van der Waals surface area contributed by atoms with Gasteiger partial charge in [0.25, 0.3) is 11.1 Å². The zero-order valence-electron chi connectivity index (χ0n) is 14.9. The first-order chi connectivity index (χ1) is 14.2. The number of carbonyl (C=O) groups excluding carboxylic acids is 2. The Hall–Kier alpha value is -2.78. The predicted molar refractivity (Wildman–Crippen MR) is 112 cm³/mol. The second-order valence-corrected chi connectivity index (χ2v) is 8.18. The molecule has 2 aromatic carbocycles. The van der Waals surface area contributed by atoms with E-state index in [0.29, 0.717) is 23.3 Å². The number of hydrogen-bond donors (Lipinski definition) is 0. The number of benzene rings is 2. The molecule has 0 bridgehead atoms. The summed E-state index contributed by atoms with van der Waals surface area (Å²) in [5.41, 5.74) is -0.242. The first-order valence-electron chi connectivity index (χ1n) is 8.53. The maximum absolute atomic E-state index is 13.0. The van der Waals surface area contributed by atoms with Gasteiger partial charge in [-0.3, -0.25) is 9.59 Å². The number of rotatable bonds is 3. The molecule has 0 unspecified atom stereocenters. The van der Waals surface area contributed by atoms with Crippen LogP contribution in [0, 0.1) is 0 Å². The van der Waals surface area contributed by atoms with Crippen molar-refractivity contribution in [2.45, 2.75) is 6.18 Å². The average molecular weight is 494 g/mol.